The number of aryl methyl sites for hydroxylation is 1. The van der Waals surface area contributed by atoms with Crippen LogP contribution in [0.15, 0.2) is 176 Å². The van der Waals surface area contributed by atoms with Crippen molar-refractivity contribution in [3.63, 3.8) is 0 Å². The Labute approximate surface area is 402 Å². The molecule has 3 aliphatic rings. The van der Waals surface area contributed by atoms with Gasteiger partial charge in [-0.15, -0.1) is 22.7 Å². The number of nitrogens with zero attached hydrogens (tertiary/aromatic N) is 2. The number of anilines is 6. The average molecular weight is 899 g/mol. The minimum Gasteiger partial charge on any atom is -0.311 e. The van der Waals surface area contributed by atoms with Crippen molar-refractivity contribution in [3.8, 4) is 11.1 Å². The molecule has 2 aromatic heterocycles. The molecule has 1 aliphatic carbocycles. The molecule has 67 heavy (non-hydrogen) atoms. The van der Waals surface area contributed by atoms with Gasteiger partial charge in [-0.2, -0.15) is 0 Å². The maximum Gasteiger partial charge on any atom is 0.252 e. The van der Waals surface area contributed by atoms with Gasteiger partial charge in [0.2, 0.25) is 0 Å². The lowest BCUT2D eigenvalue weighted by atomic mass is 9.33. The van der Waals surface area contributed by atoms with Crippen molar-refractivity contribution in [1.82, 2.24) is 0 Å². The number of allylic oxidation sites excluding steroid dienone is 1. The molecule has 2 aliphatic heterocycles. The molecule has 13 rings (SSSR count). The molecule has 4 heterocycles. The van der Waals surface area contributed by atoms with Crippen LogP contribution in [0.5, 0.6) is 0 Å². The van der Waals surface area contributed by atoms with Crippen molar-refractivity contribution < 1.29 is 0 Å². The van der Waals surface area contributed by atoms with Crippen LogP contribution < -0.4 is 26.2 Å². The van der Waals surface area contributed by atoms with Gasteiger partial charge in [-0.1, -0.05) is 157 Å². The van der Waals surface area contributed by atoms with Gasteiger partial charge in [-0.05, 0) is 145 Å². The fourth-order valence-electron chi connectivity index (χ4n) is 11.3. The molecular formula is C62H51BN2S2. The minimum atomic E-state index is -0.0160. The fourth-order valence-corrected chi connectivity index (χ4v) is 13.8. The summed E-state index contributed by atoms with van der Waals surface area (Å²) in [6.07, 6.45) is 4.63. The van der Waals surface area contributed by atoms with Crippen molar-refractivity contribution in [3.05, 3.63) is 203 Å². The number of fused-ring (bicyclic) bond motifs is 10. The highest BCUT2D eigenvalue weighted by Crippen LogP contribution is 2.48. The van der Waals surface area contributed by atoms with E-state index in [9.17, 15) is 0 Å². The zero-order valence-corrected chi connectivity index (χ0v) is 40.6. The van der Waals surface area contributed by atoms with E-state index in [1.807, 2.05) is 22.7 Å². The molecule has 10 aromatic rings. The van der Waals surface area contributed by atoms with Crippen molar-refractivity contribution in [1.29, 1.82) is 0 Å². The van der Waals surface area contributed by atoms with E-state index >= 15 is 0 Å². The molecule has 8 aromatic carbocycles. The number of hydrogen-bond acceptors (Lipinski definition) is 4. The Bertz CT molecular complexity index is 3670. The van der Waals surface area contributed by atoms with Crippen LogP contribution in [0.2, 0.25) is 0 Å². The molecule has 0 saturated carbocycles. The summed E-state index contributed by atoms with van der Waals surface area (Å²) in [5, 5.41) is 4.07. The van der Waals surface area contributed by atoms with Crippen molar-refractivity contribution in [2.45, 2.75) is 65.2 Å². The molecule has 0 N–H and O–H groups in total. The van der Waals surface area contributed by atoms with Gasteiger partial charge < -0.3 is 9.80 Å². The van der Waals surface area contributed by atoms with Crippen LogP contribution in [0.4, 0.5) is 34.1 Å². The van der Waals surface area contributed by atoms with E-state index in [1.165, 1.54) is 119 Å². The zero-order valence-electron chi connectivity index (χ0n) is 38.9. The van der Waals surface area contributed by atoms with E-state index in [4.69, 9.17) is 0 Å². The van der Waals surface area contributed by atoms with Gasteiger partial charge in [0.25, 0.3) is 6.71 Å². The van der Waals surface area contributed by atoms with Gasteiger partial charge in [0.05, 0.1) is 0 Å². The van der Waals surface area contributed by atoms with Gasteiger partial charge in [0.15, 0.2) is 0 Å². The van der Waals surface area contributed by atoms with Crippen LogP contribution in [0.1, 0.15) is 75.1 Å². The SMILES string of the molecule is CC(C)(C)c1ccc2c(c1)B1c3cc(C(C)(C)C)ccc3N(c3ccc(-c4cccc5c4sc4ccccc45)cc3)c3cccc(c31)N2c1ccc(C2=CCCc3c2sc2ccccc32)cc1. The first-order valence-electron chi connectivity index (χ1n) is 23.8. The molecule has 0 spiro atoms. The van der Waals surface area contributed by atoms with Gasteiger partial charge >= 0.3 is 0 Å². The Hall–Kier alpha value is -6.66. The van der Waals surface area contributed by atoms with Crippen LogP contribution in [0.3, 0.4) is 0 Å². The lowest BCUT2D eigenvalue weighted by Crippen LogP contribution is -2.61. The van der Waals surface area contributed by atoms with E-state index in [-0.39, 0.29) is 17.5 Å². The molecule has 0 fully saturated rings. The second kappa shape index (κ2) is 14.9. The molecule has 324 valence electrons. The van der Waals surface area contributed by atoms with Crippen LogP contribution in [-0.2, 0) is 17.3 Å². The number of benzene rings is 8. The quantitative estimate of drug-likeness (QED) is 0.162. The highest BCUT2D eigenvalue weighted by atomic mass is 32.1. The number of hydrogen-bond donors (Lipinski definition) is 0. The predicted octanol–water partition coefficient (Wildman–Crippen LogP) is 16.0. The van der Waals surface area contributed by atoms with Gasteiger partial charge in [-0.25, -0.2) is 0 Å². The second-order valence-electron chi connectivity index (χ2n) is 20.8. The summed E-state index contributed by atoms with van der Waals surface area (Å²) >= 11 is 3.84. The number of rotatable bonds is 4. The highest BCUT2D eigenvalue weighted by molar-refractivity contribution is 7.26. The highest BCUT2D eigenvalue weighted by Gasteiger charge is 2.44. The fraction of sp³-hybridized carbons (Fsp3) is 0.161. The molecule has 0 amide bonds. The van der Waals surface area contributed by atoms with E-state index in [2.05, 4.69) is 227 Å². The lowest BCUT2D eigenvalue weighted by molar-refractivity contribution is 0.590. The Kier molecular flexibility index (Phi) is 9.05. The summed E-state index contributed by atoms with van der Waals surface area (Å²) in [5.74, 6) is 0. The van der Waals surface area contributed by atoms with Crippen molar-refractivity contribution in [2.24, 2.45) is 0 Å². The van der Waals surface area contributed by atoms with E-state index in [1.54, 1.807) is 0 Å². The molecule has 5 heteroatoms. The van der Waals surface area contributed by atoms with E-state index < -0.39 is 0 Å². The molecule has 2 nitrogen and oxygen atoms in total. The maximum absolute atomic E-state index is 2.55. The average Bonchev–Trinajstić information content (AvgIpc) is 3.92. The van der Waals surface area contributed by atoms with Crippen LogP contribution >= 0.6 is 22.7 Å². The first kappa shape index (κ1) is 40.6. The first-order valence-corrected chi connectivity index (χ1v) is 25.5. The van der Waals surface area contributed by atoms with E-state index in [0.717, 1.165) is 18.5 Å². The number of thiophene rings is 2. The van der Waals surface area contributed by atoms with Crippen LogP contribution in [0, 0.1) is 0 Å². The summed E-state index contributed by atoms with van der Waals surface area (Å²) in [5.41, 5.74) is 20.7. The molecule has 0 unspecified atom stereocenters. The predicted molar refractivity (Wildman–Crippen MR) is 293 cm³/mol. The van der Waals surface area contributed by atoms with Gasteiger partial charge in [-0.3, -0.25) is 0 Å². The Morgan fingerprint density at radius 3 is 1.63 bits per heavy atom. The molecule has 0 bridgehead atoms. The summed E-state index contributed by atoms with van der Waals surface area (Å²) in [7, 11) is 0. The van der Waals surface area contributed by atoms with E-state index in [0.29, 0.717) is 0 Å². The van der Waals surface area contributed by atoms with Gasteiger partial charge in [0.1, 0.15) is 0 Å². The third-order valence-electron chi connectivity index (χ3n) is 14.7. The zero-order chi connectivity index (χ0) is 45.3. The summed E-state index contributed by atoms with van der Waals surface area (Å²) in [6.45, 7) is 14.1. The van der Waals surface area contributed by atoms with Crippen LogP contribution in [0.25, 0.3) is 47.0 Å². The van der Waals surface area contributed by atoms with Crippen LogP contribution in [-0.4, -0.2) is 6.71 Å². The second-order valence-corrected chi connectivity index (χ2v) is 22.9. The Balaban J connectivity index is 0.980. The first-order chi connectivity index (χ1) is 32.5. The summed E-state index contributed by atoms with van der Waals surface area (Å²) in [4.78, 5) is 6.52. The molecule has 0 saturated heterocycles. The summed E-state index contributed by atoms with van der Waals surface area (Å²) < 4.78 is 4.06. The molecular weight excluding hydrogens is 848 g/mol. The standard InChI is InChI=1S/C62H51BN2S2/c1-61(2,3)40-28-34-52-50(36-40)63-51-37-41(62(4,5)6)29-35-53(51)65(43-32-26-39(27-33-43)45-17-12-19-49-47-15-8-10-23-57(47)67-60(45)49)55-21-13-20-54(58(55)63)64(52)42-30-24-38(25-31-42)44-16-11-18-48-46-14-7-9-22-56(46)66-59(44)48/h7-11,13-18,20-37H,12,19H2,1-6H3. The maximum atomic E-state index is 2.55. The normalized spacial score (nSPS) is 14.3. The minimum absolute atomic E-state index is 0.0147. The smallest absolute Gasteiger partial charge is 0.252 e. The lowest BCUT2D eigenvalue weighted by Gasteiger charge is -2.44. The Morgan fingerprint density at radius 1 is 0.478 bits per heavy atom. The Morgan fingerprint density at radius 2 is 1.01 bits per heavy atom. The van der Waals surface area contributed by atoms with Gasteiger partial charge in [0, 0.05) is 63.9 Å². The third-order valence-corrected chi connectivity index (χ3v) is 17.2. The largest absolute Gasteiger partial charge is 0.311 e. The third kappa shape index (κ3) is 6.35. The molecule has 0 radical (unpaired) electrons. The topological polar surface area (TPSA) is 6.48 Å². The molecule has 0 atom stereocenters. The van der Waals surface area contributed by atoms with Crippen molar-refractivity contribution in [2.75, 3.05) is 9.80 Å². The van der Waals surface area contributed by atoms with Crippen molar-refractivity contribution >= 4 is 116 Å². The summed E-state index contributed by atoms with van der Waals surface area (Å²) in [6, 6.07) is 64.9. The monoisotopic (exact) mass is 898 g/mol.